The number of ether oxygens (including phenoxy) is 1. The molecular formula is C21H22N4O3. The maximum absolute atomic E-state index is 12.5. The molecule has 1 unspecified atom stereocenters. The quantitative estimate of drug-likeness (QED) is 0.741. The van der Waals surface area contributed by atoms with E-state index in [0.29, 0.717) is 24.8 Å². The minimum absolute atomic E-state index is 0.0264. The predicted molar refractivity (Wildman–Crippen MR) is 105 cm³/mol. The van der Waals surface area contributed by atoms with Crippen molar-refractivity contribution in [3.8, 4) is 17.1 Å². The van der Waals surface area contributed by atoms with Gasteiger partial charge in [0, 0.05) is 31.1 Å². The summed E-state index contributed by atoms with van der Waals surface area (Å²) in [7, 11) is 0. The summed E-state index contributed by atoms with van der Waals surface area (Å²) in [4.78, 5) is 18.5. The van der Waals surface area contributed by atoms with Crippen molar-refractivity contribution >= 4 is 11.7 Å². The third kappa shape index (κ3) is 4.14. The summed E-state index contributed by atoms with van der Waals surface area (Å²) in [6.45, 7) is 4.99. The first kappa shape index (κ1) is 18.0. The highest BCUT2D eigenvalue weighted by Crippen LogP contribution is 2.23. The molecule has 2 amide bonds. The van der Waals surface area contributed by atoms with Crippen LogP contribution in [0.4, 0.5) is 10.5 Å². The molecule has 28 heavy (non-hydrogen) atoms. The Morgan fingerprint density at radius 3 is 2.75 bits per heavy atom. The Kier molecular flexibility index (Phi) is 4.97. The van der Waals surface area contributed by atoms with Crippen LogP contribution in [0.5, 0.6) is 5.75 Å². The molecule has 1 aliphatic rings. The largest absolute Gasteiger partial charge is 0.489 e. The number of hydrogen-bond donors (Lipinski definition) is 1. The summed E-state index contributed by atoms with van der Waals surface area (Å²) >= 11 is 0. The number of aryl methyl sites for hydroxylation is 2. The summed E-state index contributed by atoms with van der Waals surface area (Å²) in [6.07, 6.45) is 0.772. The number of likely N-dealkylation sites (tertiary alicyclic amines) is 1. The lowest BCUT2D eigenvalue weighted by molar-refractivity contribution is 0.195. The number of aromatic nitrogens is 2. The van der Waals surface area contributed by atoms with Gasteiger partial charge in [-0.25, -0.2) is 4.79 Å². The van der Waals surface area contributed by atoms with Crippen molar-refractivity contribution in [1.29, 1.82) is 0 Å². The molecule has 2 heterocycles. The van der Waals surface area contributed by atoms with Crippen LogP contribution < -0.4 is 10.1 Å². The van der Waals surface area contributed by atoms with Crippen molar-refractivity contribution in [2.24, 2.45) is 0 Å². The van der Waals surface area contributed by atoms with Gasteiger partial charge in [0.15, 0.2) is 0 Å². The molecule has 1 aliphatic heterocycles. The number of nitrogens with one attached hydrogen (secondary N) is 1. The van der Waals surface area contributed by atoms with Crippen molar-refractivity contribution in [1.82, 2.24) is 15.0 Å². The van der Waals surface area contributed by atoms with Crippen LogP contribution in [0.15, 0.2) is 53.1 Å². The Morgan fingerprint density at radius 2 is 2.04 bits per heavy atom. The Morgan fingerprint density at radius 1 is 1.21 bits per heavy atom. The monoisotopic (exact) mass is 378 g/mol. The van der Waals surface area contributed by atoms with E-state index in [0.717, 1.165) is 29.0 Å². The fourth-order valence-electron chi connectivity index (χ4n) is 3.23. The van der Waals surface area contributed by atoms with Gasteiger partial charge in [-0.05, 0) is 48.9 Å². The van der Waals surface area contributed by atoms with E-state index in [2.05, 4.69) is 15.5 Å². The Labute approximate surface area is 163 Å². The molecule has 1 N–H and O–H groups in total. The highest BCUT2D eigenvalue weighted by molar-refractivity contribution is 5.89. The van der Waals surface area contributed by atoms with Gasteiger partial charge in [0.2, 0.25) is 11.7 Å². The molecule has 4 rings (SSSR count). The van der Waals surface area contributed by atoms with Crippen LogP contribution in [-0.4, -0.2) is 40.3 Å². The fourth-order valence-corrected chi connectivity index (χ4v) is 3.23. The first-order chi connectivity index (χ1) is 13.6. The number of carbonyl (C=O) groups is 1. The van der Waals surface area contributed by atoms with E-state index in [1.54, 1.807) is 11.8 Å². The highest BCUT2D eigenvalue weighted by Gasteiger charge is 2.27. The van der Waals surface area contributed by atoms with E-state index >= 15 is 0 Å². The summed E-state index contributed by atoms with van der Waals surface area (Å²) in [6, 6.07) is 15.2. The maximum atomic E-state index is 12.5. The molecule has 0 bridgehead atoms. The third-order valence-corrected chi connectivity index (χ3v) is 4.64. The van der Waals surface area contributed by atoms with E-state index < -0.39 is 0 Å². The number of benzene rings is 2. The minimum atomic E-state index is -0.0977. The molecule has 1 aromatic heterocycles. The van der Waals surface area contributed by atoms with Gasteiger partial charge in [0.25, 0.3) is 0 Å². The Balaban J connectivity index is 1.32. The van der Waals surface area contributed by atoms with Crippen LogP contribution in [0, 0.1) is 13.8 Å². The molecule has 0 spiro atoms. The van der Waals surface area contributed by atoms with Gasteiger partial charge in [0.1, 0.15) is 11.9 Å². The second-order valence-corrected chi connectivity index (χ2v) is 6.94. The average Bonchev–Trinajstić information content (AvgIpc) is 3.32. The molecule has 1 fully saturated rings. The number of amides is 2. The SMILES string of the molecule is Cc1cccc(NC(=O)N2CCC(Oc3ccc(-c4noc(C)n4)cc3)C2)c1. The number of urea groups is 1. The number of carbonyl (C=O) groups excluding carboxylic acids is 1. The molecule has 3 aromatic rings. The van der Waals surface area contributed by atoms with Crippen LogP contribution in [0.2, 0.25) is 0 Å². The molecule has 7 nitrogen and oxygen atoms in total. The second kappa shape index (κ2) is 7.72. The second-order valence-electron chi connectivity index (χ2n) is 6.94. The molecular weight excluding hydrogens is 356 g/mol. The lowest BCUT2D eigenvalue weighted by Crippen LogP contribution is -2.34. The van der Waals surface area contributed by atoms with E-state index in [9.17, 15) is 4.79 Å². The molecule has 1 atom stereocenters. The van der Waals surface area contributed by atoms with Gasteiger partial charge in [-0.1, -0.05) is 17.3 Å². The fraction of sp³-hybridized carbons (Fsp3) is 0.286. The molecule has 0 radical (unpaired) electrons. The third-order valence-electron chi connectivity index (χ3n) is 4.64. The maximum Gasteiger partial charge on any atom is 0.321 e. The van der Waals surface area contributed by atoms with Gasteiger partial charge < -0.3 is 19.5 Å². The smallest absolute Gasteiger partial charge is 0.321 e. The number of hydrogen-bond acceptors (Lipinski definition) is 5. The van der Waals surface area contributed by atoms with Gasteiger partial charge in [0.05, 0.1) is 6.54 Å². The normalized spacial score (nSPS) is 16.2. The summed E-state index contributed by atoms with van der Waals surface area (Å²) in [5, 5.41) is 6.86. The first-order valence-corrected chi connectivity index (χ1v) is 9.27. The number of nitrogens with zero attached hydrogens (tertiary/aromatic N) is 3. The van der Waals surface area contributed by atoms with Crippen LogP contribution >= 0.6 is 0 Å². The Hall–Kier alpha value is -3.35. The first-order valence-electron chi connectivity index (χ1n) is 9.27. The molecule has 0 aliphatic carbocycles. The molecule has 0 saturated carbocycles. The van der Waals surface area contributed by atoms with Gasteiger partial charge in [-0.15, -0.1) is 0 Å². The van der Waals surface area contributed by atoms with E-state index in [1.807, 2.05) is 55.5 Å². The van der Waals surface area contributed by atoms with Gasteiger partial charge >= 0.3 is 6.03 Å². The summed E-state index contributed by atoms with van der Waals surface area (Å²) in [5.74, 6) is 1.85. The van der Waals surface area contributed by atoms with Crippen molar-refractivity contribution in [2.75, 3.05) is 18.4 Å². The Bertz CT molecular complexity index is 968. The van der Waals surface area contributed by atoms with Crippen molar-refractivity contribution in [2.45, 2.75) is 26.4 Å². The molecule has 144 valence electrons. The minimum Gasteiger partial charge on any atom is -0.489 e. The standard InChI is InChI=1S/C21H22N4O3/c1-14-4-3-5-17(12-14)23-21(26)25-11-10-19(13-25)27-18-8-6-16(7-9-18)20-22-15(2)28-24-20/h3-9,12,19H,10-11,13H2,1-2H3,(H,23,26). The zero-order valence-electron chi connectivity index (χ0n) is 15.9. The lowest BCUT2D eigenvalue weighted by atomic mass is 10.2. The molecule has 1 saturated heterocycles. The van der Waals surface area contributed by atoms with E-state index in [1.165, 1.54) is 0 Å². The topological polar surface area (TPSA) is 80.5 Å². The van der Waals surface area contributed by atoms with Crippen LogP contribution in [-0.2, 0) is 0 Å². The molecule has 2 aromatic carbocycles. The number of rotatable bonds is 4. The van der Waals surface area contributed by atoms with E-state index in [4.69, 9.17) is 9.26 Å². The zero-order valence-corrected chi connectivity index (χ0v) is 15.9. The van der Waals surface area contributed by atoms with Crippen molar-refractivity contribution in [3.05, 3.63) is 60.0 Å². The van der Waals surface area contributed by atoms with Crippen LogP contribution in [0.25, 0.3) is 11.4 Å². The van der Waals surface area contributed by atoms with Crippen molar-refractivity contribution in [3.63, 3.8) is 0 Å². The van der Waals surface area contributed by atoms with Gasteiger partial charge in [-0.2, -0.15) is 4.98 Å². The highest BCUT2D eigenvalue weighted by atomic mass is 16.5. The molecule has 7 heteroatoms. The summed E-state index contributed by atoms with van der Waals surface area (Å²) < 4.78 is 11.0. The number of anilines is 1. The predicted octanol–water partition coefficient (Wildman–Crippen LogP) is 4.04. The van der Waals surface area contributed by atoms with Crippen molar-refractivity contribution < 1.29 is 14.1 Å². The average molecular weight is 378 g/mol. The zero-order chi connectivity index (χ0) is 19.5. The van der Waals surface area contributed by atoms with Crippen LogP contribution in [0.1, 0.15) is 17.9 Å². The lowest BCUT2D eigenvalue weighted by Gasteiger charge is -2.18. The van der Waals surface area contributed by atoms with Gasteiger partial charge in [-0.3, -0.25) is 0 Å². The van der Waals surface area contributed by atoms with E-state index in [-0.39, 0.29) is 12.1 Å². The summed E-state index contributed by atoms with van der Waals surface area (Å²) in [5.41, 5.74) is 2.79. The van der Waals surface area contributed by atoms with Crippen LogP contribution in [0.3, 0.4) is 0 Å².